The van der Waals surface area contributed by atoms with Crippen molar-refractivity contribution in [1.82, 2.24) is 5.32 Å². The van der Waals surface area contributed by atoms with Crippen LogP contribution in [0.15, 0.2) is 41.0 Å². The topological polar surface area (TPSA) is 34.4 Å². The molecular weight excluding hydrogens is 238 g/mol. The summed E-state index contributed by atoms with van der Waals surface area (Å²) in [6.07, 6.45) is 1.66. The van der Waals surface area contributed by atoms with Gasteiger partial charge in [0.05, 0.1) is 24.4 Å². The molecule has 1 atom stereocenters. The summed E-state index contributed by atoms with van der Waals surface area (Å²) in [5.74, 6) is 1.52. The molecule has 3 nitrogen and oxygen atoms in total. The van der Waals surface area contributed by atoms with Crippen molar-refractivity contribution in [2.24, 2.45) is 0 Å². The van der Waals surface area contributed by atoms with Crippen LogP contribution in [-0.2, 0) is 0 Å². The Labute approximate surface area is 105 Å². The van der Waals surface area contributed by atoms with E-state index in [1.807, 2.05) is 37.4 Å². The van der Waals surface area contributed by atoms with Gasteiger partial charge in [0.1, 0.15) is 11.5 Å². The van der Waals surface area contributed by atoms with E-state index >= 15 is 0 Å². The molecule has 0 fully saturated rings. The van der Waals surface area contributed by atoms with Crippen molar-refractivity contribution in [2.45, 2.75) is 6.04 Å². The quantitative estimate of drug-likeness (QED) is 0.906. The van der Waals surface area contributed by atoms with Crippen LogP contribution in [0.4, 0.5) is 0 Å². The normalized spacial score (nSPS) is 12.4. The zero-order valence-corrected chi connectivity index (χ0v) is 10.5. The van der Waals surface area contributed by atoms with Crippen molar-refractivity contribution >= 4 is 11.6 Å². The van der Waals surface area contributed by atoms with Gasteiger partial charge in [0.15, 0.2) is 0 Å². The van der Waals surface area contributed by atoms with Crippen molar-refractivity contribution in [3.63, 3.8) is 0 Å². The molecular formula is C13H14ClNO2. The Balaban J connectivity index is 2.38. The number of hydrogen-bond acceptors (Lipinski definition) is 3. The lowest BCUT2D eigenvalue weighted by atomic mass is 10.0. The number of halogens is 1. The van der Waals surface area contributed by atoms with E-state index in [-0.39, 0.29) is 6.04 Å². The van der Waals surface area contributed by atoms with Crippen LogP contribution >= 0.6 is 11.6 Å². The van der Waals surface area contributed by atoms with Crippen molar-refractivity contribution < 1.29 is 9.15 Å². The summed E-state index contributed by atoms with van der Waals surface area (Å²) in [4.78, 5) is 0. The fourth-order valence-corrected chi connectivity index (χ4v) is 1.98. The molecule has 90 valence electrons. The Morgan fingerprint density at radius 3 is 2.76 bits per heavy atom. The molecule has 1 N–H and O–H groups in total. The molecule has 0 aliphatic heterocycles. The van der Waals surface area contributed by atoms with E-state index in [4.69, 9.17) is 20.8 Å². The Kier molecular flexibility index (Phi) is 3.71. The van der Waals surface area contributed by atoms with Crippen LogP contribution in [0.1, 0.15) is 17.4 Å². The summed E-state index contributed by atoms with van der Waals surface area (Å²) in [7, 11) is 3.49. The monoisotopic (exact) mass is 251 g/mol. The van der Waals surface area contributed by atoms with Gasteiger partial charge < -0.3 is 14.5 Å². The number of hydrogen-bond donors (Lipinski definition) is 1. The number of rotatable bonds is 4. The average molecular weight is 252 g/mol. The SMILES string of the molecule is CNC(c1ccc(Cl)c(OC)c1)c1ccco1. The van der Waals surface area contributed by atoms with Crippen LogP contribution in [0.5, 0.6) is 5.75 Å². The molecule has 1 heterocycles. The highest BCUT2D eigenvalue weighted by atomic mass is 35.5. The summed E-state index contributed by atoms with van der Waals surface area (Å²) in [5, 5.41) is 3.80. The number of methoxy groups -OCH3 is 1. The van der Waals surface area contributed by atoms with Gasteiger partial charge in [-0.3, -0.25) is 0 Å². The van der Waals surface area contributed by atoms with Gasteiger partial charge in [0, 0.05) is 0 Å². The predicted molar refractivity (Wildman–Crippen MR) is 67.6 cm³/mol. The summed E-state index contributed by atoms with van der Waals surface area (Å²) >= 11 is 6.00. The maximum atomic E-state index is 6.00. The smallest absolute Gasteiger partial charge is 0.137 e. The molecule has 17 heavy (non-hydrogen) atoms. The van der Waals surface area contributed by atoms with Crippen LogP contribution in [-0.4, -0.2) is 14.2 Å². The van der Waals surface area contributed by atoms with Gasteiger partial charge in [-0.1, -0.05) is 17.7 Å². The van der Waals surface area contributed by atoms with Gasteiger partial charge in [-0.15, -0.1) is 0 Å². The Morgan fingerprint density at radius 1 is 1.35 bits per heavy atom. The van der Waals surface area contributed by atoms with Crippen LogP contribution in [0.25, 0.3) is 0 Å². The Bertz CT molecular complexity index is 482. The molecule has 1 unspecified atom stereocenters. The van der Waals surface area contributed by atoms with Gasteiger partial charge in [0.2, 0.25) is 0 Å². The van der Waals surface area contributed by atoms with E-state index in [9.17, 15) is 0 Å². The Morgan fingerprint density at radius 2 is 2.18 bits per heavy atom. The highest BCUT2D eigenvalue weighted by Gasteiger charge is 2.16. The summed E-state index contributed by atoms with van der Waals surface area (Å²) in [5.41, 5.74) is 1.05. The minimum atomic E-state index is -0.00355. The maximum absolute atomic E-state index is 6.00. The van der Waals surface area contributed by atoms with Crippen molar-refractivity contribution in [3.05, 3.63) is 52.9 Å². The van der Waals surface area contributed by atoms with Gasteiger partial charge in [-0.25, -0.2) is 0 Å². The third-order valence-electron chi connectivity index (χ3n) is 2.62. The number of benzene rings is 1. The largest absolute Gasteiger partial charge is 0.495 e. The molecule has 0 saturated heterocycles. The highest BCUT2D eigenvalue weighted by molar-refractivity contribution is 6.32. The molecule has 2 rings (SSSR count). The van der Waals surface area contributed by atoms with E-state index in [1.54, 1.807) is 13.4 Å². The lowest BCUT2D eigenvalue weighted by molar-refractivity contribution is 0.412. The minimum Gasteiger partial charge on any atom is -0.495 e. The van der Waals surface area contributed by atoms with Crippen LogP contribution in [0.2, 0.25) is 5.02 Å². The second-order valence-corrected chi connectivity index (χ2v) is 4.04. The second kappa shape index (κ2) is 5.25. The second-order valence-electron chi connectivity index (χ2n) is 3.63. The lowest BCUT2D eigenvalue weighted by Gasteiger charge is -2.15. The van der Waals surface area contributed by atoms with Gasteiger partial charge >= 0.3 is 0 Å². The van der Waals surface area contributed by atoms with E-state index in [1.165, 1.54) is 0 Å². The third kappa shape index (κ3) is 2.46. The molecule has 0 bridgehead atoms. The van der Waals surface area contributed by atoms with Crippen LogP contribution in [0, 0.1) is 0 Å². The number of nitrogens with one attached hydrogen (secondary N) is 1. The van der Waals surface area contributed by atoms with Crippen molar-refractivity contribution in [2.75, 3.05) is 14.2 Å². The first-order valence-electron chi connectivity index (χ1n) is 5.30. The summed E-state index contributed by atoms with van der Waals surface area (Å²) in [6.45, 7) is 0. The van der Waals surface area contributed by atoms with Gasteiger partial charge in [0.25, 0.3) is 0 Å². The van der Waals surface area contributed by atoms with Crippen LogP contribution < -0.4 is 10.1 Å². The molecule has 0 aliphatic carbocycles. The highest BCUT2D eigenvalue weighted by Crippen LogP contribution is 2.30. The maximum Gasteiger partial charge on any atom is 0.137 e. The molecule has 1 aromatic heterocycles. The Hall–Kier alpha value is -1.45. The summed E-state index contributed by atoms with van der Waals surface area (Å²) in [6, 6.07) is 9.48. The van der Waals surface area contributed by atoms with E-state index < -0.39 is 0 Å². The van der Waals surface area contributed by atoms with Gasteiger partial charge in [-0.05, 0) is 36.9 Å². The first kappa shape index (κ1) is 12.0. The van der Waals surface area contributed by atoms with E-state index in [2.05, 4.69) is 5.32 Å². The first-order valence-corrected chi connectivity index (χ1v) is 5.68. The molecule has 1 aromatic carbocycles. The van der Waals surface area contributed by atoms with Crippen LogP contribution in [0.3, 0.4) is 0 Å². The van der Waals surface area contributed by atoms with Crippen molar-refractivity contribution in [3.8, 4) is 5.75 Å². The number of furan rings is 1. The molecule has 2 aromatic rings. The first-order chi connectivity index (χ1) is 8.26. The number of ether oxygens (including phenoxy) is 1. The standard InChI is InChI=1S/C13H14ClNO2/c1-15-13(11-4-3-7-17-11)9-5-6-10(14)12(8-9)16-2/h3-8,13,15H,1-2H3. The van der Waals surface area contributed by atoms with E-state index in [0.29, 0.717) is 10.8 Å². The minimum absolute atomic E-state index is 0.00355. The molecule has 4 heteroatoms. The molecule has 0 saturated carbocycles. The van der Waals surface area contributed by atoms with Gasteiger partial charge in [-0.2, -0.15) is 0 Å². The molecule has 0 spiro atoms. The lowest BCUT2D eigenvalue weighted by Crippen LogP contribution is -2.16. The van der Waals surface area contributed by atoms with E-state index in [0.717, 1.165) is 11.3 Å². The van der Waals surface area contributed by atoms with Crippen molar-refractivity contribution in [1.29, 1.82) is 0 Å². The molecule has 0 amide bonds. The summed E-state index contributed by atoms with van der Waals surface area (Å²) < 4.78 is 10.6. The average Bonchev–Trinajstić information content (AvgIpc) is 2.86. The zero-order valence-electron chi connectivity index (χ0n) is 9.74. The third-order valence-corrected chi connectivity index (χ3v) is 2.94. The fourth-order valence-electron chi connectivity index (χ4n) is 1.78. The molecule has 0 radical (unpaired) electrons. The molecule has 0 aliphatic rings. The fraction of sp³-hybridized carbons (Fsp3) is 0.231. The zero-order chi connectivity index (χ0) is 12.3. The predicted octanol–water partition coefficient (Wildman–Crippen LogP) is 3.25.